The van der Waals surface area contributed by atoms with Crippen LogP contribution in [0.5, 0.6) is 0 Å². The van der Waals surface area contributed by atoms with Crippen molar-refractivity contribution in [2.75, 3.05) is 13.6 Å². The topological polar surface area (TPSA) is 61.9 Å². The molecule has 9 heteroatoms. The van der Waals surface area contributed by atoms with E-state index in [1.54, 1.807) is 18.9 Å². The van der Waals surface area contributed by atoms with Gasteiger partial charge in [-0.1, -0.05) is 30.3 Å². The number of nitrogens with one attached hydrogen (secondary N) is 1. The molecule has 1 aromatic carbocycles. The number of alkyl halides is 3. The van der Waals surface area contributed by atoms with E-state index < -0.39 is 11.9 Å². The number of hydrogen-bond donors (Lipinski definition) is 1. The van der Waals surface area contributed by atoms with Gasteiger partial charge < -0.3 is 4.90 Å². The summed E-state index contributed by atoms with van der Waals surface area (Å²) in [6.07, 6.45) is -3.07. The molecule has 1 N–H and O–H groups in total. The van der Waals surface area contributed by atoms with Gasteiger partial charge in [0.25, 0.3) is 5.91 Å². The van der Waals surface area contributed by atoms with Crippen molar-refractivity contribution in [2.45, 2.75) is 25.9 Å². The average molecular weight is 459 g/mol. The summed E-state index contributed by atoms with van der Waals surface area (Å²) in [5.41, 5.74) is 2.59. The van der Waals surface area contributed by atoms with Gasteiger partial charge in [-0.15, -0.1) is 11.3 Å². The van der Waals surface area contributed by atoms with Crippen molar-refractivity contribution < 1.29 is 18.0 Å². The highest BCUT2D eigenvalue weighted by Gasteiger charge is 2.33. The number of amides is 1. The fraction of sp³-hybridized carbons (Fsp3) is 0.261. The number of aryl methyl sites for hydroxylation is 2. The maximum absolute atomic E-state index is 12.9. The van der Waals surface area contributed by atoms with Crippen LogP contribution in [0.15, 0.2) is 48.5 Å². The number of pyridine rings is 1. The maximum atomic E-state index is 12.9. The van der Waals surface area contributed by atoms with Crippen LogP contribution >= 0.6 is 11.3 Å². The Morgan fingerprint density at radius 2 is 1.91 bits per heavy atom. The zero-order chi connectivity index (χ0) is 22.9. The fourth-order valence-corrected chi connectivity index (χ4v) is 4.66. The predicted octanol–water partition coefficient (Wildman–Crippen LogP) is 5.72. The van der Waals surface area contributed by atoms with Crippen LogP contribution in [0.3, 0.4) is 0 Å². The number of thiophene rings is 1. The summed E-state index contributed by atoms with van der Waals surface area (Å²) in [7, 11) is 1.70. The Morgan fingerprint density at radius 3 is 2.62 bits per heavy atom. The molecule has 0 unspecified atom stereocenters. The minimum atomic E-state index is -4.51. The van der Waals surface area contributed by atoms with Gasteiger partial charge in [-0.3, -0.25) is 9.89 Å². The number of hydrogen-bond acceptors (Lipinski definition) is 4. The Hall–Kier alpha value is -3.20. The molecule has 0 aliphatic carbocycles. The molecule has 3 aromatic heterocycles. The Bertz CT molecular complexity index is 1250. The minimum Gasteiger partial charge on any atom is -0.341 e. The van der Waals surface area contributed by atoms with Crippen molar-refractivity contribution in [3.8, 4) is 11.3 Å². The predicted molar refractivity (Wildman–Crippen MR) is 119 cm³/mol. The minimum absolute atomic E-state index is 0.214. The van der Waals surface area contributed by atoms with Crippen molar-refractivity contribution in [3.63, 3.8) is 0 Å². The van der Waals surface area contributed by atoms with Crippen LogP contribution in [0.4, 0.5) is 13.2 Å². The van der Waals surface area contributed by atoms with Crippen LogP contribution in [0.2, 0.25) is 0 Å². The van der Waals surface area contributed by atoms with E-state index >= 15 is 0 Å². The molecular weight excluding hydrogens is 437 g/mol. The Balaban J connectivity index is 1.40. The Labute approximate surface area is 186 Å². The summed E-state index contributed by atoms with van der Waals surface area (Å²) in [5.74, 6) is -0.214. The van der Waals surface area contributed by atoms with Crippen molar-refractivity contribution in [1.82, 2.24) is 20.1 Å². The molecule has 0 saturated carbocycles. The van der Waals surface area contributed by atoms with E-state index in [1.165, 1.54) is 6.07 Å². The number of carbonyl (C=O) groups is 1. The lowest BCUT2D eigenvalue weighted by Crippen LogP contribution is -2.27. The molecule has 1 amide bonds. The summed E-state index contributed by atoms with van der Waals surface area (Å²) in [6, 6.07) is 14.2. The number of benzene rings is 1. The number of nitrogens with zero attached hydrogens (tertiary/aromatic N) is 3. The third kappa shape index (κ3) is 4.52. The van der Waals surface area contributed by atoms with Gasteiger partial charge in [0.1, 0.15) is 10.5 Å². The van der Waals surface area contributed by atoms with Gasteiger partial charge in [0, 0.05) is 30.2 Å². The monoisotopic (exact) mass is 458 g/mol. The molecule has 0 aliphatic heterocycles. The number of fused-ring (bicyclic) bond motifs is 1. The zero-order valence-electron chi connectivity index (χ0n) is 17.5. The summed E-state index contributed by atoms with van der Waals surface area (Å²) < 4.78 is 38.8. The largest absolute Gasteiger partial charge is 0.433 e. The fourth-order valence-electron chi connectivity index (χ4n) is 3.49. The van der Waals surface area contributed by atoms with Crippen molar-refractivity contribution in [2.24, 2.45) is 0 Å². The van der Waals surface area contributed by atoms with Gasteiger partial charge in [0.2, 0.25) is 0 Å². The molecule has 4 rings (SSSR count). The van der Waals surface area contributed by atoms with E-state index in [0.29, 0.717) is 22.4 Å². The second-order valence-electron chi connectivity index (χ2n) is 7.58. The summed E-state index contributed by atoms with van der Waals surface area (Å²) in [6.45, 7) is 2.25. The second kappa shape index (κ2) is 8.74. The lowest BCUT2D eigenvalue weighted by atomic mass is 10.1. The molecule has 0 atom stereocenters. The van der Waals surface area contributed by atoms with Crippen LogP contribution in [-0.4, -0.2) is 39.6 Å². The maximum Gasteiger partial charge on any atom is 0.433 e. The molecule has 0 bridgehead atoms. The Kier molecular flexibility index (Phi) is 6.01. The van der Waals surface area contributed by atoms with Gasteiger partial charge in [0.15, 0.2) is 0 Å². The second-order valence-corrected chi connectivity index (χ2v) is 8.58. The van der Waals surface area contributed by atoms with E-state index in [9.17, 15) is 18.0 Å². The molecular formula is C23H21F3N4OS. The molecule has 5 nitrogen and oxygen atoms in total. The van der Waals surface area contributed by atoms with Crippen LogP contribution in [-0.2, 0) is 12.6 Å². The molecule has 0 saturated heterocycles. The number of aromatic nitrogens is 3. The molecule has 4 aromatic rings. The molecule has 32 heavy (non-hydrogen) atoms. The first-order chi connectivity index (χ1) is 15.2. The van der Waals surface area contributed by atoms with E-state index in [2.05, 4.69) is 15.2 Å². The number of rotatable bonds is 6. The van der Waals surface area contributed by atoms with E-state index in [0.717, 1.165) is 47.2 Å². The highest BCUT2D eigenvalue weighted by atomic mass is 32.1. The lowest BCUT2D eigenvalue weighted by Gasteiger charge is -2.16. The van der Waals surface area contributed by atoms with E-state index in [-0.39, 0.29) is 10.7 Å². The van der Waals surface area contributed by atoms with E-state index in [4.69, 9.17) is 0 Å². The quantitative estimate of drug-likeness (QED) is 0.402. The van der Waals surface area contributed by atoms with Gasteiger partial charge in [-0.05, 0) is 43.5 Å². The van der Waals surface area contributed by atoms with Crippen molar-refractivity contribution in [3.05, 3.63) is 70.4 Å². The van der Waals surface area contributed by atoms with Crippen LogP contribution in [0.25, 0.3) is 21.5 Å². The third-order valence-electron chi connectivity index (χ3n) is 5.28. The third-order valence-corrected chi connectivity index (χ3v) is 6.46. The van der Waals surface area contributed by atoms with Gasteiger partial charge >= 0.3 is 6.18 Å². The molecule has 0 fully saturated rings. The first-order valence-corrected chi connectivity index (χ1v) is 10.9. The van der Waals surface area contributed by atoms with Gasteiger partial charge in [-0.25, -0.2) is 4.98 Å². The smallest absolute Gasteiger partial charge is 0.341 e. The molecule has 0 radical (unpaired) electrons. The van der Waals surface area contributed by atoms with Gasteiger partial charge in [-0.2, -0.15) is 18.3 Å². The van der Waals surface area contributed by atoms with Crippen molar-refractivity contribution in [1.29, 1.82) is 0 Å². The summed E-state index contributed by atoms with van der Waals surface area (Å²) >= 11 is 1.00. The molecule has 0 spiro atoms. The number of aromatic amines is 1. The van der Waals surface area contributed by atoms with Gasteiger partial charge in [0.05, 0.1) is 10.6 Å². The van der Waals surface area contributed by atoms with Crippen molar-refractivity contribution >= 4 is 27.5 Å². The first-order valence-electron chi connectivity index (χ1n) is 10.1. The summed E-state index contributed by atoms with van der Waals surface area (Å²) in [5, 5.41) is 7.94. The number of H-pyrrole nitrogens is 1. The average Bonchev–Trinajstić information content (AvgIpc) is 3.37. The standard InChI is InChI=1S/C23H21F3N4OS/c1-14-17-10-11-19(23(24,25)26)27-21(17)32-20(14)22(31)30(2)12-6-9-16-13-18(29-28-16)15-7-4-3-5-8-15/h3-5,7-8,10-11,13H,6,9,12H2,1-2H3,(H,28,29). The zero-order valence-corrected chi connectivity index (χ0v) is 18.3. The van der Waals surface area contributed by atoms with Crippen LogP contribution in [0, 0.1) is 6.92 Å². The highest BCUT2D eigenvalue weighted by molar-refractivity contribution is 7.20. The molecule has 0 aliphatic rings. The highest BCUT2D eigenvalue weighted by Crippen LogP contribution is 2.34. The number of carbonyl (C=O) groups excluding carboxylic acids is 1. The normalized spacial score (nSPS) is 11.8. The van der Waals surface area contributed by atoms with Crippen LogP contribution < -0.4 is 0 Å². The first kappa shape index (κ1) is 22.0. The Morgan fingerprint density at radius 1 is 1.16 bits per heavy atom. The number of halogens is 3. The van der Waals surface area contributed by atoms with Crippen LogP contribution in [0.1, 0.15) is 33.0 Å². The van der Waals surface area contributed by atoms with E-state index in [1.807, 2.05) is 36.4 Å². The molecule has 166 valence electrons. The lowest BCUT2D eigenvalue weighted by molar-refractivity contribution is -0.140. The SMILES string of the molecule is Cc1c(C(=O)N(C)CCCc2cc(-c3ccccc3)n[nH]2)sc2nc(C(F)(F)F)ccc12. The molecule has 3 heterocycles. The summed E-state index contributed by atoms with van der Waals surface area (Å²) in [4.78, 5) is 18.9.